The summed E-state index contributed by atoms with van der Waals surface area (Å²) < 4.78 is 0. The average molecular weight is 182 g/mol. The van der Waals surface area contributed by atoms with E-state index in [9.17, 15) is 9.90 Å². The largest absolute Gasteiger partial charge is 0.392 e. The van der Waals surface area contributed by atoms with Crippen molar-refractivity contribution in [3.63, 3.8) is 0 Å². The molecule has 0 bridgehead atoms. The van der Waals surface area contributed by atoms with Gasteiger partial charge in [-0.2, -0.15) is 0 Å². The molecule has 2 nitrogen and oxygen atoms in total. The SMILES string of the molecule is C=CCC1(C)CCCC(=O)CC1O. The molecule has 1 fully saturated rings. The van der Waals surface area contributed by atoms with Crippen LogP contribution in [0.5, 0.6) is 0 Å². The van der Waals surface area contributed by atoms with Crippen molar-refractivity contribution in [2.45, 2.75) is 45.1 Å². The molecule has 2 atom stereocenters. The molecule has 0 aromatic heterocycles. The maximum Gasteiger partial charge on any atom is 0.135 e. The van der Waals surface area contributed by atoms with E-state index in [-0.39, 0.29) is 11.2 Å². The van der Waals surface area contributed by atoms with Crippen LogP contribution in [0.2, 0.25) is 0 Å². The van der Waals surface area contributed by atoms with E-state index in [4.69, 9.17) is 0 Å². The third-order valence-electron chi connectivity index (χ3n) is 3.04. The van der Waals surface area contributed by atoms with Crippen LogP contribution in [-0.4, -0.2) is 17.0 Å². The lowest BCUT2D eigenvalue weighted by Gasteiger charge is -2.31. The lowest BCUT2D eigenvalue weighted by Crippen LogP contribution is -2.31. The Labute approximate surface area is 79.6 Å². The summed E-state index contributed by atoms with van der Waals surface area (Å²) in [6, 6.07) is 0. The highest BCUT2D eigenvalue weighted by Gasteiger charge is 2.34. The second kappa shape index (κ2) is 4.05. The molecule has 1 N–H and O–H groups in total. The Morgan fingerprint density at radius 2 is 2.46 bits per heavy atom. The number of ketones is 1. The Hall–Kier alpha value is -0.630. The predicted molar refractivity (Wildman–Crippen MR) is 52.4 cm³/mol. The number of aliphatic hydroxyl groups excluding tert-OH is 1. The summed E-state index contributed by atoms with van der Waals surface area (Å²) in [5, 5.41) is 9.84. The van der Waals surface area contributed by atoms with Crippen molar-refractivity contribution in [2.24, 2.45) is 5.41 Å². The van der Waals surface area contributed by atoms with Gasteiger partial charge in [-0.15, -0.1) is 6.58 Å². The van der Waals surface area contributed by atoms with E-state index < -0.39 is 6.10 Å². The highest BCUT2D eigenvalue weighted by molar-refractivity contribution is 5.79. The van der Waals surface area contributed by atoms with Gasteiger partial charge in [0.25, 0.3) is 0 Å². The first-order valence-corrected chi connectivity index (χ1v) is 4.89. The third-order valence-corrected chi connectivity index (χ3v) is 3.04. The molecule has 2 unspecified atom stereocenters. The van der Waals surface area contributed by atoms with Gasteiger partial charge in [0.05, 0.1) is 6.10 Å². The summed E-state index contributed by atoms with van der Waals surface area (Å²) in [6.45, 7) is 5.73. The number of allylic oxidation sites excluding steroid dienone is 1. The van der Waals surface area contributed by atoms with Crippen LogP contribution in [0.1, 0.15) is 39.0 Å². The summed E-state index contributed by atoms with van der Waals surface area (Å²) in [6.07, 6.45) is 4.92. The average Bonchev–Trinajstić information content (AvgIpc) is 2.14. The van der Waals surface area contributed by atoms with Gasteiger partial charge in [0, 0.05) is 12.8 Å². The maximum absolute atomic E-state index is 11.2. The predicted octanol–water partition coefficient (Wildman–Crippen LogP) is 2.07. The van der Waals surface area contributed by atoms with Gasteiger partial charge in [0.15, 0.2) is 0 Å². The highest BCUT2D eigenvalue weighted by atomic mass is 16.3. The van der Waals surface area contributed by atoms with E-state index in [1.165, 1.54) is 0 Å². The first-order chi connectivity index (χ1) is 6.08. The topological polar surface area (TPSA) is 37.3 Å². The molecule has 13 heavy (non-hydrogen) atoms. The number of carbonyl (C=O) groups is 1. The fourth-order valence-electron chi connectivity index (χ4n) is 1.99. The lowest BCUT2D eigenvalue weighted by atomic mass is 9.77. The van der Waals surface area contributed by atoms with Crippen LogP contribution in [0.15, 0.2) is 12.7 Å². The van der Waals surface area contributed by atoms with Gasteiger partial charge in [0.2, 0.25) is 0 Å². The monoisotopic (exact) mass is 182 g/mol. The first-order valence-electron chi connectivity index (χ1n) is 4.89. The minimum atomic E-state index is -0.486. The third kappa shape index (κ3) is 2.41. The molecule has 0 aromatic carbocycles. The zero-order valence-electron chi connectivity index (χ0n) is 8.25. The Morgan fingerprint density at radius 3 is 3.08 bits per heavy atom. The summed E-state index contributed by atoms with van der Waals surface area (Å²) in [5.74, 6) is 0.195. The molecular weight excluding hydrogens is 164 g/mol. The standard InChI is InChI=1S/C11H18O2/c1-3-6-11(2)7-4-5-9(12)8-10(11)13/h3,10,13H,1,4-8H2,2H3. The zero-order valence-corrected chi connectivity index (χ0v) is 8.25. The lowest BCUT2D eigenvalue weighted by molar-refractivity contribution is -0.121. The molecular formula is C11H18O2. The molecule has 0 aromatic rings. The molecule has 0 amide bonds. The summed E-state index contributed by atoms with van der Waals surface area (Å²) >= 11 is 0. The molecule has 0 spiro atoms. The van der Waals surface area contributed by atoms with Crippen molar-refractivity contribution in [3.8, 4) is 0 Å². The minimum absolute atomic E-state index is 0.131. The zero-order chi connectivity index (χ0) is 9.90. The summed E-state index contributed by atoms with van der Waals surface area (Å²) in [4.78, 5) is 11.2. The molecule has 0 heterocycles. The van der Waals surface area contributed by atoms with Crippen LogP contribution in [0.3, 0.4) is 0 Å². The number of rotatable bonds is 2. The van der Waals surface area contributed by atoms with E-state index in [1.54, 1.807) is 0 Å². The normalized spacial score (nSPS) is 35.5. The summed E-state index contributed by atoms with van der Waals surface area (Å²) in [5.41, 5.74) is -0.131. The molecule has 0 radical (unpaired) electrons. The van der Waals surface area contributed by atoms with Gasteiger partial charge >= 0.3 is 0 Å². The number of carbonyl (C=O) groups excluding carboxylic acids is 1. The fourth-order valence-corrected chi connectivity index (χ4v) is 1.99. The molecule has 1 saturated carbocycles. The van der Waals surface area contributed by atoms with Crippen molar-refractivity contribution in [1.82, 2.24) is 0 Å². The van der Waals surface area contributed by atoms with Crippen LogP contribution in [0, 0.1) is 5.41 Å². The van der Waals surface area contributed by atoms with E-state index in [1.807, 2.05) is 13.0 Å². The van der Waals surface area contributed by atoms with Crippen LogP contribution in [-0.2, 0) is 4.79 Å². The molecule has 1 rings (SSSR count). The fraction of sp³-hybridized carbons (Fsp3) is 0.727. The molecule has 1 aliphatic rings. The molecule has 74 valence electrons. The Kier molecular flexibility index (Phi) is 3.26. The Bertz CT molecular complexity index is 210. The van der Waals surface area contributed by atoms with E-state index in [0.717, 1.165) is 19.3 Å². The number of Topliss-reactive ketones (excluding diaryl/α,β-unsaturated/α-hetero) is 1. The van der Waals surface area contributed by atoms with Crippen LogP contribution in [0.4, 0.5) is 0 Å². The quantitative estimate of drug-likeness (QED) is 0.524. The van der Waals surface area contributed by atoms with Gasteiger partial charge in [-0.05, 0) is 24.7 Å². The van der Waals surface area contributed by atoms with Gasteiger partial charge < -0.3 is 5.11 Å². The van der Waals surface area contributed by atoms with Crippen LogP contribution in [0.25, 0.3) is 0 Å². The van der Waals surface area contributed by atoms with Crippen molar-refractivity contribution in [2.75, 3.05) is 0 Å². The molecule has 0 saturated heterocycles. The summed E-state index contributed by atoms with van der Waals surface area (Å²) in [7, 11) is 0. The van der Waals surface area contributed by atoms with Gasteiger partial charge in [0.1, 0.15) is 5.78 Å². The highest BCUT2D eigenvalue weighted by Crippen LogP contribution is 2.36. The number of hydrogen-bond donors (Lipinski definition) is 1. The van der Waals surface area contributed by atoms with Crippen molar-refractivity contribution in [3.05, 3.63) is 12.7 Å². The molecule has 0 aliphatic heterocycles. The maximum atomic E-state index is 11.2. The van der Waals surface area contributed by atoms with Gasteiger partial charge in [-0.1, -0.05) is 13.0 Å². The van der Waals surface area contributed by atoms with Gasteiger partial charge in [-0.25, -0.2) is 0 Å². The van der Waals surface area contributed by atoms with Crippen LogP contribution < -0.4 is 0 Å². The minimum Gasteiger partial charge on any atom is -0.392 e. The number of hydrogen-bond acceptors (Lipinski definition) is 2. The second-order valence-electron chi connectivity index (χ2n) is 4.26. The van der Waals surface area contributed by atoms with E-state index in [2.05, 4.69) is 6.58 Å². The second-order valence-corrected chi connectivity index (χ2v) is 4.26. The first kappa shape index (κ1) is 10.5. The Balaban J connectivity index is 2.71. The van der Waals surface area contributed by atoms with E-state index in [0.29, 0.717) is 12.8 Å². The van der Waals surface area contributed by atoms with Gasteiger partial charge in [-0.3, -0.25) is 4.79 Å². The Morgan fingerprint density at radius 1 is 1.77 bits per heavy atom. The molecule has 2 heteroatoms. The van der Waals surface area contributed by atoms with Crippen molar-refractivity contribution in [1.29, 1.82) is 0 Å². The van der Waals surface area contributed by atoms with Crippen molar-refractivity contribution < 1.29 is 9.90 Å². The van der Waals surface area contributed by atoms with E-state index >= 15 is 0 Å². The number of aliphatic hydroxyl groups is 1. The molecule has 1 aliphatic carbocycles. The van der Waals surface area contributed by atoms with Crippen LogP contribution >= 0.6 is 0 Å². The smallest absolute Gasteiger partial charge is 0.135 e. The van der Waals surface area contributed by atoms with Crippen molar-refractivity contribution >= 4 is 5.78 Å².